The van der Waals surface area contributed by atoms with Crippen molar-refractivity contribution in [1.29, 1.82) is 0 Å². The molecule has 0 saturated heterocycles. The fraction of sp³-hybridized carbons (Fsp3) is 0.265. The number of pyridine rings is 1. The Morgan fingerprint density at radius 2 is 1.04 bits per heavy atom. The lowest BCUT2D eigenvalue weighted by Crippen LogP contribution is -2.30. The molecule has 3 heterocycles. The molecule has 0 unspecified atom stereocenters. The van der Waals surface area contributed by atoms with Gasteiger partial charge in [0.1, 0.15) is 17.3 Å². The van der Waals surface area contributed by atoms with Gasteiger partial charge in [0.05, 0.1) is 28.1 Å². The van der Waals surface area contributed by atoms with Crippen LogP contribution < -0.4 is 9.30 Å². The van der Waals surface area contributed by atoms with Crippen LogP contribution in [0.5, 0.6) is 11.5 Å². The molecule has 5 heteroatoms. The highest BCUT2D eigenvalue weighted by Crippen LogP contribution is 2.42. The number of imidazole rings is 1. The number of fused-ring (bicyclic) bond motifs is 3. The molecule has 10 rings (SSSR count). The number of hydrogen-bond donors (Lipinski definition) is 0. The van der Waals surface area contributed by atoms with Gasteiger partial charge in [0.15, 0.2) is 0 Å². The normalized spacial score (nSPS) is 12.7. The molecule has 0 amide bonds. The largest absolute Gasteiger partial charge is 0.458 e. The summed E-state index contributed by atoms with van der Waals surface area (Å²) < 4.78 is 13.9. The minimum absolute atomic E-state index is 0.0475. The lowest BCUT2D eigenvalue weighted by molar-refractivity contribution is -0.599. The first kappa shape index (κ1) is 49.1. The van der Waals surface area contributed by atoms with Crippen molar-refractivity contribution in [3.05, 3.63) is 234 Å². The van der Waals surface area contributed by atoms with Crippen molar-refractivity contribution >= 4 is 21.8 Å². The summed E-state index contributed by atoms with van der Waals surface area (Å²) in [7, 11) is 0. The van der Waals surface area contributed by atoms with Crippen molar-refractivity contribution < 1.29 is 9.30 Å². The van der Waals surface area contributed by atoms with Crippen LogP contribution in [0.25, 0.3) is 50.1 Å². The molecule has 73 heavy (non-hydrogen) atoms. The minimum Gasteiger partial charge on any atom is -0.458 e. The number of nitrogens with zero attached hydrogens (tertiary/aromatic N) is 4. The summed E-state index contributed by atoms with van der Waals surface area (Å²) in [4.78, 5) is 5.04. The average Bonchev–Trinajstić information content (AvgIpc) is 3.97. The zero-order valence-corrected chi connectivity index (χ0v) is 45.1. The molecule has 5 nitrogen and oxygen atoms in total. The zero-order valence-electron chi connectivity index (χ0n) is 45.1. The van der Waals surface area contributed by atoms with E-state index in [1.54, 1.807) is 0 Å². The van der Waals surface area contributed by atoms with Crippen LogP contribution >= 0.6 is 0 Å². The van der Waals surface area contributed by atoms with Crippen LogP contribution in [0.15, 0.2) is 188 Å². The van der Waals surface area contributed by atoms with Crippen molar-refractivity contribution in [2.75, 3.05) is 0 Å². The Kier molecular flexibility index (Phi) is 12.2. The molecule has 7 aromatic carbocycles. The summed E-state index contributed by atoms with van der Waals surface area (Å²) in [6.07, 6.45) is 8.11. The smallest absolute Gasteiger partial charge is 0.269 e. The van der Waals surface area contributed by atoms with Crippen LogP contribution in [-0.2, 0) is 27.1 Å². The Hall–Kier alpha value is -7.50. The van der Waals surface area contributed by atoms with Gasteiger partial charge in [0.2, 0.25) is 0 Å². The highest BCUT2D eigenvalue weighted by molar-refractivity contribution is 6.10. The van der Waals surface area contributed by atoms with E-state index in [0.717, 1.165) is 61.9 Å². The fourth-order valence-corrected chi connectivity index (χ4v) is 10.2. The Balaban J connectivity index is 1.16. The summed E-state index contributed by atoms with van der Waals surface area (Å²) in [6.45, 7) is 29.8. The monoisotopic (exact) mass is 959 g/mol. The Labute approximate surface area is 433 Å². The third-order valence-electron chi connectivity index (χ3n) is 15.1. The highest BCUT2D eigenvalue weighted by atomic mass is 16.5. The molecule has 0 radical (unpaired) electrons. The second kappa shape index (κ2) is 18.2. The molecule has 0 bridgehead atoms. The predicted molar refractivity (Wildman–Crippen MR) is 303 cm³/mol. The van der Waals surface area contributed by atoms with E-state index in [1.807, 2.05) is 6.20 Å². The van der Waals surface area contributed by atoms with E-state index in [2.05, 4.69) is 292 Å². The second-order valence-corrected chi connectivity index (χ2v) is 24.2. The maximum absolute atomic E-state index is 7.15. The van der Waals surface area contributed by atoms with Gasteiger partial charge >= 0.3 is 0 Å². The molecule has 0 aliphatic carbocycles. The molecule has 0 N–H and O–H groups in total. The number of rotatable bonds is 10. The van der Waals surface area contributed by atoms with E-state index in [9.17, 15) is 0 Å². The number of aromatic nitrogens is 4. The molecule has 0 aliphatic heterocycles. The molecule has 10 aromatic rings. The molecule has 0 aliphatic rings. The second-order valence-electron chi connectivity index (χ2n) is 24.2. The van der Waals surface area contributed by atoms with Crippen molar-refractivity contribution in [2.24, 2.45) is 0 Å². The summed E-state index contributed by atoms with van der Waals surface area (Å²) in [6, 6.07) is 63.6. The Bertz CT molecular complexity index is 3600. The molecular formula is C68H70N4O. The number of benzene rings is 7. The quantitative estimate of drug-likeness (QED) is 0.101. The molecule has 0 saturated carbocycles. The number of ether oxygens (including phenoxy) is 1. The van der Waals surface area contributed by atoms with Crippen molar-refractivity contribution in [3.63, 3.8) is 0 Å². The van der Waals surface area contributed by atoms with Crippen molar-refractivity contribution in [3.8, 4) is 39.8 Å². The lowest BCUT2D eigenvalue weighted by Gasteiger charge is -2.27. The van der Waals surface area contributed by atoms with Crippen molar-refractivity contribution in [1.82, 2.24) is 14.1 Å². The predicted octanol–water partition coefficient (Wildman–Crippen LogP) is 17.0. The number of hydrogen-bond acceptors (Lipinski definition) is 2. The van der Waals surface area contributed by atoms with Gasteiger partial charge in [-0.05, 0) is 127 Å². The van der Waals surface area contributed by atoms with E-state index >= 15 is 0 Å². The first-order valence-electron chi connectivity index (χ1n) is 25.8. The van der Waals surface area contributed by atoms with Crippen molar-refractivity contribution in [2.45, 2.75) is 117 Å². The third kappa shape index (κ3) is 9.54. The van der Waals surface area contributed by atoms with E-state index < -0.39 is 5.41 Å². The SMILES string of the molecule is CC(C)(C)c1cc(-[n+]2[c-]n(-c3cc(Oc4ccc5c6cc(C(C)(C)c7ccccc7)ccc6n(-c6cc(C(C)(C)C)ccn6)c5c4)cc(-c4ccccc4)c3)c(C(C)(C)c3ccccc3)c2)cc(C(C)(C)C)c1. The summed E-state index contributed by atoms with van der Waals surface area (Å²) in [5.74, 6) is 2.33. The third-order valence-corrected chi connectivity index (χ3v) is 15.1. The maximum atomic E-state index is 7.15. The average molecular weight is 959 g/mol. The van der Waals surface area contributed by atoms with Gasteiger partial charge in [0, 0.05) is 40.1 Å². The van der Waals surface area contributed by atoms with Gasteiger partial charge < -0.3 is 4.74 Å². The summed E-state index contributed by atoms with van der Waals surface area (Å²) in [5.41, 5.74) is 14.2. The maximum Gasteiger partial charge on any atom is 0.269 e. The van der Waals surface area contributed by atoms with Gasteiger partial charge in [-0.25, -0.2) is 4.98 Å². The molecule has 3 aromatic heterocycles. The van der Waals surface area contributed by atoms with Crippen LogP contribution in [-0.4, -0.2) is 14.1 Å². The summed E-state index contributed by atoms with van der Waals surface area (Å²) in [5, 5.41) is 2.31. The first-order chi connectivity index (χ1) is 34.6. The van der Waals surface area contributed by atoms with E-state index in [1.165, 1.54) is 38.8 Å². The van der Waals surface area contributed by atoms with E-state index in [0.29, 0.717) is 0 Å². The van der Waals surface area contributed by atoms with Crippen LogP contribution in [0.2, 0.25) is 0 Å². The van der Waals surface area contributed by atoms with Gasteiger partial charge in [-0.3, -0.25) is 13.7 Å². The summed E-state index contributed by atoms with van der Waals surface area (Å²) >= 11 is 0. The van der Waals surface area contributed by atoms with Gasteiger partial charge in [-0.1, -0.05) is 193 Å². The zero-order chi connectivity index (χ0) is 51.7. The Morgan fingerprint density at radius 1 is 0.438 bits per heavy atom. The van der Waals surface area contributed by atoms with Crippen LogP contribution in [0.4, 0.5) is 0 Å². The Morgan fingerprint density at radius 3 is 1.66 bits per heavy atom. The van der Waals surface area contributed by atoms with Gasteiger partial charge in [-0.2, -0.15) is 0 Å². The minimum atomic E-state index is -0.409. The first-order valence-corrected chi connectivity index (χ1v) is 25.8. The lowest BCUT2D eigenvalue weighted by atomic mass is 9.78. The molecule has 0 spiro atoms. The fourth-order valence-electron chi connectivity index (χ4n) is 10.2. The topological polar surface area (TPSA) is 35.9 Å². The molecule has 0 atom stereocenters. The van der Waals surface area contributed by atoms with Gasteiger partial charge in [-0.15, -0.1) is 0 Å². The van der Waals surface area contributed by atoms with E-state index in [4.69, 9.17) is 9.72 Å². The molecular weight excluding hydrogens is 889 g/mol. The standard InChI is InChI=1S/C68H70N4O/c1-64(2,3)50-33-34-69-63(41-50)72-60-32-29-51(67(10,11)48-25-19-15-20-26-48)40-59(60)58-31-30-56(43-61(58)72)73-57-36-47(46-23-17-14-18-24-46)35-55(42-57)71-45-70(44-62(71)68(12,13)49-27-21-16-22-28-49)54-38-52(65(4,5)6)37-53(39-54)66(7,8)9/h14-44H,1-13H3. The van der Waals surface area contributed by atoms with E-state index in [-0.39, 0.29) is 21.7 Å². The van der Waals surface area contributed by atoms with Crippen LogP contribution in [0, 0.1) is 6.33 Å². The van der Waals surface area contributed by atoms with Crippen LogP contribution in [0.1, 0.15) is 129 Å². The highest BCUT2D eigenvalue weighted by Gasteiger charge is 2.31. The van der Waals surface area contributed by atoms with Crippen LogP contribution in [0.3, 0.4) is 0 Å². The van der Waals surface area contributed by atoms with Gasteiger partial charge in [0.25, 0.3) is 6.33 Å². The molecule has 0 fully saturated rings. The molecule has 368 valence electrons.